The number of alkyl halides is 1. The van der Waals surface area contributed by atoms with Gasteiger partial charge in [0.1, 0.15) is 11.3 Å². The van der Waals surface area contributed by atoms with Crippen molar-refractivity contribution in [1.82, 2.24) is 9.55 Å². The van der Waals surface area contributed by atoms with E-state index < -0.39 is 11.6 Å². The van der Waals surface area contributed by atoms with Gasteiger partial charge < -0.3 is 9.30 Å². The number of aromatic nitrogens is 2. The number of ether oxygens (including phenoxy) is 1. The van der Waals surface area contributed by atoms with Crippen molar-refractivity contribution in [1.29, 1.82) is 0 Å². The molecule has 0 saturated carbocycles. The minimum absolute atomic E-state index is 0.225. The molecule has 0 atom stereocenters. The summed E-state index contributed by atoms with van der Waals surface area (Å²) in [5, 5.41) is 0. The van der Waals surface area contributed by atoms with Crippen molar-refractivity contribution < 1.29 is 13.5 Å². The van der Waals surface area contributed by atoms with Gasteiger partial charge in [-0.25, -0.2) is 13.8 Å². The molecule has 1 aromatic heterocycles. The minimum atomic E-state index is -0.854. The number of hydrogen-bond acceptors (Lipinski definition) is 2. The van der Waals surface area contributed by atoms with Crippen LogP contribution in [0.4, 0.5) is 8.78 Å². The van der Waals surface area contributed by atoms with Gasteiger partial charge in [0.15, 0.2) is 11.6 Å². The topological polar surface area (TPSA) is 27.1 Å². The number of rotatable bonds is 7. The third-order valence-corrected chi connectivity index (χ3v) is 3.37. The highest BCUT2D eigenvalue weighted by Gasteiger charge is 2.16. The lowest BCUT2D eigenvalue weighted by Gasteiger charge is -2.09. The zero-order valence-electron chi connectivity index (χ0n) is 11.3. The number of aryl methyl sites for hydroxylation is 2. The standard InChI is InChI=1S/C14H17ClF2N2O/c1-20-9-3-2-8-19-12(6-7-15)18-11-5-4-10(16)13(17)14(11)19/h4-5H,2-3,6-9H2,1H3. The molecular weight excluding hydrogens is 286 g/mol. The van der Waals surface area contributed by atoms with Crippen LogP contribution in [0.1, 0.15) is 18.7 Å². The van der Waals surface area contributed by atoms with Crippen LogP contribution in [0, 0.1) is 11.6 Å². The summed E-state index contributed by atoms with van der Waals surface area (Å²) in [5.41, 5.74) is 0.693. The molecule has 0 unspecified atom stereocenters. The largest absolute Gasteiger partial charge is 0.385 e. The fourth-order valence-electron chi connectivity index (χ4n) is 2.24. The Morgan fingerprint density at radius 2 is 2.10 bits per heavy atom. The van der Waals surface area contributed by atoms with E-state index in [9.17, 15) is 8.78 Å². The molecular formula is C14H17ClF2N2O. The molecule has 0 N–H and O–H groups in total. The van der Waals surface area contributed by atoms with Crippen molar-refractivity contribution in [3.63, 3.8) is 0 Å². The van der Waals surface area contributed by atoms with Crippen molar-refractivity contribution in [3.8, 4) is 0 Å². The Kier molecular flexibility index (Phi) is 5.31. The van der Waals surface area contributed by atoms with Crippen molar-refractivity contribution in [2.24, 2.45) is 0 Å². The number of halogens is 3. The molecule has 110 valence electrons. The van der Waals surface area contributed by atoms with E-state index in [1.165, 1.54) is 6.07 Å². The maximum atomic E-state index is 14.0. The first-order valence-electron chi connectivity index (χ1n) is 6.57. The zero-order chi connectivity index (χ0) is 14.5. The molecule has 0 saturated heterocycles. The number of hydrogen-bond donors (Lipinski definition) is 0. The first kappa shape index (κ1) is 15.2. The fourth-order valence-corrected chi connectivity index (χ4v) is 2.41. The van der Waals surface area contributed by atoms with Gasteiger partial charge in [-0.05, 0) is 25.0 Å². The van der Waals surface area contributed by atoms with Crippen LogP contribution in [0.2, 0.25) is 0 Å². The molecule has 0 amide bonds. The van der Waals surface area contributed by atoms with Crippen LogP contribution in [0.3, 0.4) is 0 Å². The molecule has 0 bridgehead atoms. The summed E-state index contributed by atoms with van der Waals surface area (Å²) in [5.74, 6) is -0.613. The second-order valence-corrected chi connectivity index (χ2v) is 4.93. The maximum Gasteiger partial charge on any atom is 0.184 e. The molecule has 0 aliphatic carbocycles. The second kappa shape index (κ2) is 6.99. The quantitative estimate of drug-likeness (QED) is 0.578. The first-order chi connectivity index (χ1) is 9.69. The average Bonchev–Trinajstić information content (AvgIpc) is 2.78. The van der Waals surface area contributed by atoms with Gasteiger partial charge in [0.05, 0.1) is 5.52 Å². The second-order valence-electron chi connectivity index (χ2n) is 4.55. The molecule has 2 aromatic rings. The van der Waals surface area contributed by atoms with Gasteiger partial charge in [0.25, 0.3) is 0 Å². The lowest BCUT2D eigenvalue weighted by atomic mass is 10.2. The van der Waals surface area contributed by atoms with Crippen molar-refractivity contribution in [2.45, 2.75) is 25.8 Å². The lowest BCUT2D eigenvalue weighted by Crippen LogP contribution is -2.07. The molecule has 0 fully saturated rings. The predicted octanol–water partition coefficient (Wildman–Crippen LogP) is 3.52. The third kappa shape index (κ3) is 3.10. The van der Waals surface area contributed by atoms with Crippen LogP contribution in [0.5, 0.6) is 0 Å². The SMILES string of the molecule is COCCCCn1c(CCCl)nc2ccc(F)c(F)c21. The van der Waals surface area contributed by atoms with Crippen LogP contribution >= 0.6 is 11.6 Å². The lowest BCUT2D eigenvalue weighted by molar-refractivity contribution is 0.191. The third-order valence-electron chi connectivity index (χ3n) is 3.18. The molecule has 0 spiro atoms. The number of nitrogens with zero attached hydrogens (tertiary/aromatic N) is 2. The molecule has 0 aliphatic heterocycles. The van der Waals surface area contributed by atoms with Gasteiger partial charge in [-0.15, -0.1) is 11.6 Å². The summed E-state index contributed by atoms with van der Waals surface area (Å²) < 4.78 is 34.1. The molecule has 3 nitrogen and oxygen atoms in total. The normalized spacial score (nSPS) is 11.4. The van der Waals surface area contributed by atoms with Crippen molar-refractivity contribution in [2.75, 3.05) is 19.6 Å². The molecule has 0 radical (unpaired) electrons. The summed E-state index contributed by atoms with van der Waals surface area (Å²) in [6.07, 6.45) is 2.19. The minimum Gasteiger partial charge on any atom is -0.385 e. The monoisotopic (exact) mass is 302 g/mol. The smallest absolute Gasteiger partial charge is 0.184 e. The van der Waals surface area contributed by atoms with E-state index in [1.807, 2.05) is 0 Å². The summed E-state index contributed by atoms with van der Waals surface area (Å²) in [7, 11) is 1.64. The van der Waals surface area contributed by atoms with E-state index in [0.717, 1.165) is 18.9 Å². The van der Waals surface area contributed by atoms with Gasteiger partial charge in [0.2, 0.25) is 0 Å². The molecule has 1 aromatic carbocycles. The highest BCUT2D eigenvalue weighted by molar-refractivity contribution is 6.17. The highest BCUT2D eigenvalue weighted by atomic mass is 35.5. The first-order valence-corrected chi connectivity index (χ1v) is 7.10. The zero-order valence-corrected chi connectivity index (χ0v) is 12.1. The number of methoxy groups -OCH3 is 1. The predicted molar refractivity (Wildman–Crippen MR) is 75.2 cm³/mol. The molecule has 0 aliphatic rings. The molecule has 20 heavy (non-hydrogen) atoms. The Bertz CT molecular complexity index is 586. The van der Waals surface area contributed by atoms with Crippen molar-refractivity contribution in [3.05, 3.63) is 29.6 Å². The van der Waals surface area contributed by atoms with Crippen LogP contribution in [-0.4, -0.2) is 29.1 Å². The van der Waals surface area contributed by atoms with Gasteiger partial charge in [-0.1, -0.05) is 0 Å². The van der Waals surface area contributed by atoms with E-state index in [4.69, 9.17) is 16.3 Å². The maximum absolute atomic E-state index is 14.0. The van der Waals surface area contributed by atoms with Crippen LogP contribution in [0.25, 0.3) is 11.0 Å². The van der Waals surface area contributed by atoms with Crippen LogP contribution in [0.15, 0.2) is 12.1 Å². The Morgan fingerprint density at radius 3 is 2.80 bits per heavy atom. The van der Waals surface area contributed by atoms with E-state index >= 15 is 0 Å². The number of unbranched alkanes of at least 4 members (excludes halogenated alkanes) is 1. The Labute approximate surface area is 121 Å². The van der Waals surface area contributed by atoms with E-state index in [0.29, 0.717) is 36.8 Å². The van der Waals surface area contributed by atoms with Crippen LogP contribution in [-0.2, 0) is 17.7 Å². The summed E-state index contributed by atoms with van der Waals surface area (Å²) in [6.45, 7) is 1.22. The Balaban J connectivity index is 2.36. The van der Waals surface area contributed by atoms with Crippen molar-refractivity contribution >= 4 is 22.6 Å². The van der Waals surface area contributed by atoms with E-state index in [1.54, 1.807) is 11.7 Å². The molecule has 1 heterocycles. The van der Waals surface area contributed by atoms with Gasteiger partial charge in [0, 0.05) is 32.6 Å². The fraction of sp³-hybridized carbons (Fsp3) is 0.500. The Hall–Kier alpha value is -1.20. The Morgan fingerprint density at radius 1 is 1.30 bits per heavy atom. The number of imidazole rings is 1. The highest BCUT2D eigenvalue weighted by Crippen LogP contribution is 2.23. The molecule has 2 rings (SSSR count). The molecule has 6 heteroatoms. The number of fused-ring (bicyclic) bond motifs is 1. The average molecular weight is 303 g/mol. The summed E-state index contributed by atoms with van der Waals surface area (Å²) in [4.78, 5) is 4.34. The van der Waals surface area contributed by atoms with Gasteiger partial charge in [-0.3, -0.25) is 0 Å². The van der Waals surface area contributed by atoms with E-state index in [-0.39, 0.29) is 5.52 Å². The van der Waals surface area contributed by atoms with Crippen LogP contribution < -0.4 is 0 Å². The summed E-state index contributed by atoms with van der Waals surface area (Å²) >= 11 is 5.75. The van der Waals surface area contributed by atoms with Gasteiger partial charge in [-0.2, -0.15) is 0 Å². The summed E-state index contributed by atoms with van der Waals surface area (Å²) in [6, 6.07) is 2.60. The number of benzene rings is 1. The van der Waals surface area contributed by atoms with Gasteiger partial charge >= 0.3 is 0 Å². The van der Waals surface area contributed by atoms with E-state index in [2.05, 4.69) is 4.98 Å².